The highest BCUT2D eigenvalue weighted by Gasteiger charge is 2.38. The SMILES string of the molecule is O=C(O)C(F)(F)F.O=C([O-])C(F)(F)F.[NH3+]CC(=O)Oc1ccc2c(=O)c(Oc3ccc(F)cc3)coc2c1. The first-order valence-electron chi connectivity index (χ1n) is 9.53. The molecule has 1 aromatic heterocycles. The number of rotatable bonds is 4. The van der Waals surface area contributed by atoms with Gasteiger partial charge < -0.3 is 34.6 Å². The summed E-state index contributed by atoms with van der Waals surface area (Å²) in [7, 11) is 0. The smallest absolute Gasteiger partial charge is 0.490 e. The number of aliphatic carboxylic acids is 2. The minimum absolute atomic E-state index is 0.00751. The maximum absolute atomic E-state index is 12.9. The van der Waals surface area contributed by atoms with Crippen LogP contribution in [0.4, 0.5) is 30.7 Å². The van der Waals surface area contributed by atoms with E-state index in [2.05, 4.69) is 5.73 Å². The fourth-order valence-electron chi connectivity index (χ4n) is 2.04. The third-order valence-corrected chi connectivity index (χ3v) is 3.67. The van der Waals surface area contributed by atoms with E-state index in [1.54, 1.807) is 0 Å². The van der Waals surface area contributed by atoms with Crippen LogP contribution in [0.25, 0.3) is 11.0 Å². The van der Waals surface area contributed by atoms with E-state index in [0.29, 0.717) is 5.75 Å². The fraction of sp³-hybridized carbons (Fsp3) is 0.143. The van der Waals surface area contributed by atoms with Gasteiger partial charge in [0.15, 0.2) is 6.54 Å². The summed E-state index contributed by atoms with van der Waals surface area (Å²) in [5.41, 5.74) is 3.28. The highest BCUT2D eigenvalue weighted by molar-refractivity contribution is 5.81. The summed E-state index contributed by atoms with van der Waals surface area (Å²) in [5.74, 6) is -6.13. The van der Waals surface area contributed by atoms with Crippen LogP contribution in [0.5, 0.6) is 17.2 Å². The first-order valence-corrected chi connectivity index (χ1v) is 9.53. The van der Waals surface area contributed by atoms with Gasteiger partial charge >= 0.3 is 24.3 Å². The van der Waals surface area contributed by atoms with E-state index in [-0.39, 0.29) is 29.0 Å². The second kappa shape index (κ2) is 13.0. The number of esters is 1. The van der Waals surface area contributed by atoms with Crippen LogP contribution in [0.15, 0.2) is 57.9 Å². The zero-order valence-corrected chi connectivity index (χ0v) is 18.4. The van der Waals surface area contributed by atoms with E-state index in [1.807, 2.05) is 0 Å². The van der Waals surface area contributed by atoms with Crippen LogP contribution in [0.3, 0.4) is 0 Å². The Morgan fingerprint density at radius 2 is 1.45 bits per heavy atom. The first-order chi connectivity index (χ1) is 17.4. The van der Waals surface area contributed by atoms with E-state index < -0.39 is 41.5 Å². The summed E-state index contributed by atoms with van der Waals surface area (Å²) in [6.45, 7) is -0.00751. The predicted molar refractivity (Wildman–Crippen MR) is 107 cm³/mol. The third kappa shape index (κ3) is 10.1. The summed E-state index contributed by atoms with van der Waals surface area (Å²) >= 11 is 0. The predicted octanol–water partition coefficient (Wildman–Crippen LogP) is 1.80. The lowest BCUT2D eigenvalue weighted by Gasteiger charge is -2.06. The van der Waals surface area contributed by atoms with Crippen molar-refractivity contribution >= 4 is 28.9 Å². The third-order valence-electron chi connectivity index (χ3n) is 3.67. The second-order valence-electron chi connectivity index (χ2n) is 6.46. The second-order valence-corrected chi connectivity index (χ2v) is 6.46. The molecule has 2 aromatic carbocycles. The number of fused-ring (bicyclic) bond motifs is 1. The van der Waals surface area contributed by atoms with Gasteiger partial charge in [0.05, 0.1) is 5.39 Å². The zero-order valence-electron chi connectivity index (χ0n) is 18.4. The van der Waals surface area contributed by atoms with Gasteiger partial charge in [0.25, 0.3) is 0 Å². The molecule has 0 atom stereocenters. The average Bonchev–Trinajstić information content (AvgIpc) is 2.81. The highest BCUT2D eigenvalue weighted by atomic mass is 19.4. The molecule has 206 valence electrons. The van der Waals surface area contributed by atoms with Gasteiger partial charge in [-0.25, -0.2) is 14.0 Å². The summed E-state index contributed by atoms with van der Waals surface area (Å²) < 4.78 is 92.0. The van der Waals surface area contributed by atoms with E-state index in [9.17, 15) is 40.3 Å². The summed E-state index contributed by atoms with van der Waals surface area (Å²) in [4.78, 5) is 41.3. The van der Waals surface area contributed by atoms with Gasteiger partial charge in [0.1, 0.15) is 35.1 Å². The molecule has 1 heterocycles. The molecular weight excluding hydrogens is 543 g/mol. The molecule has 0 aliphatic heterocycles. The molecule has 0 spiro atoms. The average molecular weight is 557 g/mol. The van der Waals surface area contributed by atoms with Crippen LogP contribution in [0.2, 0.25) is 0 Å². The summed E-state index contributed by atoms with van der Waals surface area (Å²) in [6, 6.07) is 9.65. The van der Waals surface area contributed by atoms with Crippen LogP contribution in [-0.4, -0.2) is 41.9 Å². The highest BCUT2D eigenvalue weighted by Crippen LogP contribution is 2.24. The maximum atomic E-state index is 12.9. The Labute approximate surface area is 205 Å². The van der Waals surface area contributed by atoms with Gasteiger partial charge in [-0.1, -0.05) is 0 Å². The van der Waals surface area contributed by atoms with Gasteiger partial charge in [-0.2, -0.15) is 26.3 Å². The molecule has 17 heteroatoms. The fourth-order valence-corrected chi connectivity index (χ4v) is 2.04. The van der Waals surface area contributed by atoms with Gasteiger partial charge in [-0.05, 0) is 36.4 Å². The lowest BCUT2D eigenvalue weighted by Crippen LogP contribution is -2.55. The molecule has 10 nitrogen and oxygen atoms in total. The number of quaternary nitrogens is 1. The Kier molecular flexibility index (Phi) is 10.8. The Morgan fingerprint density at radius 3 is 1.89 bits per heavy atom. The Bertz CT molecular complexity index is 1310. The molecule has 38 heavy (non-hydrogen) atoms. The van der Waals surface area contributed by atoms with Crippen molar-refractivity contribution in [1.82, 2.24) is 0 Å². The van der Waals surface area contributed by atoms with E-state index >= 15 is 0 Å². The number of alkyl halides is 6. The standard InChI is InChI=1S/C17H12FNO5.2C2HF3O2/c18-10-1-3-11(4-2-10)23-15-9-22-14-7-12(24-16(20)8-19)5-6-13(14)17(15)21;2*3-2(4,5)1(6)7/h1-7,9H,8,19H2;2*(H,6,7). The van der Waals surface area contributed by atoms with E-state index in [1.165, 1.54) is 42.5 Å². The van der Waals surface area contributed by atoms with Crippen molar-refractivity contribution in [2.24, 2.45) is 0 Å². The van der Waals surface area contributed by atoms with Gasteiger partial charge in [0, 0.05) is 6.07 Å². The van der Waals surface area contributed by atoms with Crippen LogP contribution in [0.1, 0.15) is 0 Å². The molecule has 0 aliphatic carbocycles. The number of carbonyl (C=O) groups excluding carboxylic acids is 2. The van der Waals surface area contributed by atoms with Crippen LogP contribution in [-0.2, 0) is 14.4 Å². The van der Waals surface area contributed by atoms with Crippen molar-refractivity contribution in [1.29, 1.82) is 0 Å². The van der Waals surface area contributed by atoms with Gasteiger partial charge in [-0.15, -0.1) is 0 Å². The number of hydrogen-bond acceptors (Lipinski definition) is 8. The normalized spacial score (nSPS) is 10.8. The molecule has 4 N–H and O–H groups in total. The molecule has 3 rings (SSSR count). The molecule has 0 fully saturated rings. The molecule has 0 bridgehead atoms. The lowest BCUT2D eigenvalue weighted by molar-refractivity contribution is -0.358. The molecule has 0 aliphatic rings. The Balaban J connectivity index is 0.000000426. The quantitative estimate of drug-likeness (QED) is 0.276. The largest absolute Gasteiger partial charge is 0.542 e. The minimum atomic E-state index is -5.19. The number of halogens is 7. The van der Waals surface area contributed by atoms with Gasteiger partial charge in [-0.3, -0.25) is 4.79 Å². The first kappa shape index (κ1) is 31.4. The molecular formula is C21H14F7NO9. The maximum Gasteiger partial charge on any atom is 0.490 e. The Hall–Kier alpha value is -4.67. The topological polar surface area (TPSA) is 171 Å². The molecule has 0 amide bonds. The summed E-state index contributed by atoms with van der Waals surface area (Å²) in [6.07, 6.45) is -9.12. The zero-order chi connectivity index (χ0) is 29.3. The molecule has 3 aromatic rings. The van der Waals surface area contributed by atoms with Crippen molar-refractivity contribution in [3.8, 4) is 17.2 Å². The van der Waals surface area contributed by atoms with Crippen molar-refractivity contribution in [3.05, 3.63) is 64.8 Å². The van der Waals surface area contributed by atoms with Crippen molar-refractivity contribution in [2.45, 2.75) is 12.4 Å². The summed E-state index contributed by atoms with van der Waals surface area (Å²) in [5, 5.41) is 16.2. The van der Waals surface area contributed by atoms with Crippen molar-refractivity contribution < 1.29 is 75.0 Å². The van der Waals surface area contributed by atoms with Crippen LogP contribution < -0.4 is 25.7 Å². The number of carbonyl (C=O) groups is 3. The molecule has 0 unspecified atom stereocenters. The van der Waals surface area contributed by atoms with E-state index in [0.717, 1.165) is 6.26 Å². The van der Waals surface area contributed by atoms with Gasteiger partial charge in [0.2, 0.25) is 11.2 Å². The lowest BCUT2D eigenvalue weighted by atomic mass is 10.2. The minimum Gasteiger partial charge on any atom is -0.542 e. The monoisotopic (exact) mass is 557 g/mol. The van der Waals surface area contributed by atoms with E-state index in [4.69, 9.17) is 33.7 Å². The van der Waals surface area contributed by atoms with Crippen molar-refractivity contribution in [3.63, 3.8) is 0 Å². The number of ether oxygens (including phenoxy) is 2. The molecule has 0 radical (unpaired) electrons. The molecule has 0 saturated heterocycles. The number of carboxylic acids is 2. The van der Waals surface area contributed by atoms with Crippen molar-refractivity contribution in [2.75, 3.05) is 6.54 Å². The number of carboxylic acid groups (broad SMARTS) is 2. The molecule has 0 saturated carbocycles. The van der Waals surface area contributed by atoms with Crippen LogP contribution in [0, 0.1) is 5.82 Å². The van der Waals surface area contributed by atoms with Crippen LogP contribution >= 0.6 is 0 Å². The Morgan fingerprint density at radius 1 is 0.947 bits per heavy atom. The number of hydrogen-bond donors (Lipinski definition) is 2. The number of benzene rings is 2.